The lowest BCUT2D eigenvalue weighted by Gasteiger charge is -2.11. The van der Waals surface area contributed by atoms with Crippen molar-refractivity contribution in [3.05, 3.63) is 29.0 Å². The molecule has 0 amide bonds. The van der Waals surface area contributed by atoms with Crippen LogP contribution in [0.15, 0.2) is 18.2 Å². The van der Waals surface area contributed by atoms with Crippen molar-refractivity contribution < 1.29 is 9.13 Å². The fraction of sp³-hybridized carbons (Fsp3) is 0.300. The van der Waals surface area contributed by atoms with E-state index in [1.54, 1.807) is 0 Å². The predicted molar refractivity (Wildman–Crippen MR) is 51.7 cm³/mol. The van der Waals surface area contributed by atoms with Crippen molar-refractivity contribution in [3.8, 4) is 11.8 Å². The van der Waals surface area contributed by atoms with Crippen LogP contribution in [0.2, 0.25) is 5.02 Å². The average Bonchev–Trinajstić information content (AvgIpc) is 2.17. The number of ether oxygens (including phenoxy) is 1. The Labute approximate surface area is 86.9 Å². The van der Waals surface area contributed by atoms with Crippen LogP contribution in [0, 0.1) is 17.1 Å². The molecule has 0 fully saturated rings. The first-order chi connectivity index (χ1) is 6.67. The van der Waals surface area contributed by atoms with Crippen LogP contribution >= 0.6 is 11.6 Å². The van der Waals surface area contributed by atoms with Gasteiger partial charge in [-0.25, -0.2) is 4.39 Å². The summed E-state index contributed by atoms with van der Waals surface area (Å²) in [5, 5.41) is 8.82. The molecule has 2 nitrogen and oxygen atoms in total. The third kappa shape index (κ3) is 2.61. The first-order valence-electron chi connectivity index (χ1n) is 4.18. The van der Waals surface area contributed by atoms with Gasteiger partial charge in [0.05, 0.1) is 5.02 Å². The van der Waals surface area contributed by atoms with Crippen LogP contribution in [0.3, 0.4) is 0 Å². The lowest BCUT2D eigenvalue weighted by molar-refractivity contribution is 0.252. The van der Waals surface area contributed by atoms with Gasteiger partial charge in [-0.2, -0.15) is 5.26 Å². The molecule has 0 aliphatic rings. The third-order valence-corrected chi connectivity index (χ3v) is 1.97. The fourth-order valence-electron chi connectivity index (χ4n) is 0.925. The Kier molecular flexibility index (Phi) is 3.73. The molecule has 0 heterocycles. The van der Waals surface area contributed by atoms with E-state index in [0.29, 0.717) is 12.2 Å². The highest BCUT2D eigenvalue weighted by Gasteiger charge is 2.09. The van der Waals surface area contributed by atoms with Gasteiger partial charge in [-0.15, -0.1) is 0 Å². The van der Waals surface area contributed by atoms with Gasteiger partial charge in [0.15, 0.2) is 6.10 Å². The maximum absolute atomic E-state index is 12.6. The van der Waals surface area contributed by atoms with Crippen LogP contribution in [0.4, 0.5) is 4.39 Å². The standard InChI is InChI=1S/C10H9ClFNO/c1-2-8(6-13)14-10-4-3-7(12)5-9(10)11/h3-5,8H,2H2,1H3. The van der Waals surface area contributed by atoms with Gasteiger partial charge in [-0.1, -0.05) is 18.5 Å². The van der Waals surface area contributed by atoms with Gasteiger partial charge in [-0.05, 0) is 24.6 Å². The third-order valence-electron chi connectivity index (χ3n) is 1.68. The van der Waals surface area contributed by atoms with Crippen LogP contribution in [0.25, 0.3) is 0 Å². The van der Waals surface area contributed by atoms with Gasteiger partial charge in [0, 0.05) is 0 Å². The minimum absolute atomic E-state index is 0.179. The number of nitriles is 1. The molecule has 0 N–H and O–H groups in total. The van der Waals surface area contributed by atoms with E-state index in [-0.39, 0.29) is 5.02 Å². The summed E-state index contributed by atoms with van der Waals surface area (Å²) in [7, 11) is 0. The highest BCUT2D eigenvalue weighted by Crippen LogP contribution is 2.26. The Morgan fingerprint density at radius 3 is 2.86 bits per heavy atom. The molecule has 0 aromatic heterocycles. The summed E-state index contributed by atoms with van der Waals surface area (Å²) >= 11 is 5.71. The van der Waals surface area contributed by atoms with Gasteiger partial charge in [0.2, 0.25) is 0 Å². The lowest BCUT2D eigenvalue weighted by Crippen LogP contribution is -2.12. The molecule has 1 aromatic rings. The molecule has 0 saturated carbocycles. The molecule has 1 aromatic carbocycles. The summed E-state index contributed by atoms with van der Waals surface area (Å²) in [5.74, 6) is -0.0891. The zero-order chi connectivity index (χ0) is 10.6. The van der Waals surface area contributed by atoms with Gasteiger partial charge in [0.1, 0.15) is 17.6 Å². The normalized spacial score (nSPS) is 11.9. The van der Waals surface area contributed by atoms with E-state index in [1.165, 1.54) is 12.1 Å². The molecule has 0 aliphatic heterocycles. The maximum Gasteiger partial charge on any atom is 0.184 e. The summed E-state index contributed by atoms with van der Waals surface area (Å²) in [6, 6.07) is 5.78. The van der Waals surface area contributed by atoms with Crippen molar-refractivity contribution in [3.63, 3.8) is 0 Å². The number of hydrogen-bond acceptors (Lipinski definition) is 2. The van der Waals surface area contributed by atoms with Crippen molar-refractivity contribution in [1.29, 1.82) is 5.26 Å². The van der Waals surface area contributed by atoms with Crippen LogP contribution in [0.1, 0.15) is 13.3 Å². The molecule has 1 rings (SSSR count). The molecule has 14 heavy (non-hydrogen) atoms. The number of benzene rings is 1. The van der Waals surface area contributed by atoms with Crippen molar-refractivity contribution in [2.75, 3.05) is 0 Å². The Bertz CT molecular complexity index is 362. The highest BCUT2D eigenvalue weighted by molar-refractivity contribution is 6.32. The second kappa shape index (κ2) is 4.83. The van der Waals surface area contributed by atoms with E-state index >= 15 is 0 Å². The first kappa shape index (κ1) is 10.8. The fourth-order valence-corrected chi connectivity index (χ4v) is 1.14. The summed E-state index contributed by atoms with van der Waals surface area (Å²) < 4.78 is 17.9. The largest absolute Gasteiger partial charge is 0.474 e. The van der Waals surface area contributed by atoms with Gasteiger partial charge in [-0.3, -0.25) is 0 Å². The zero-order valence-electron chi connectivity index (χ0n) is 7.63. The molecule has 0 aliphatic carbocycles. The van der Waals surface area contributed by atoms with Crippen molar-refractivity contribution >= 4 is 11.6 Å². The second-order valence-electron chi connectivity index (χ2n) is 2.72. The molecule has 0 bridgehead atoms. The van der Waals surface area contributed by atoms with E-state index in [4.69, 9.17) is 21.6 Å². The van der Waals surface area contributed by atoms with Gasteiger partial charge >= 0.3 is 0 Å². The summed E-state index contributed by atoms with van der Waals surface area (Å²) in [5.41, 5.74) is 0. The Morgan fingerprint density at radius 2 is 2.36 bits per heavy atom. The molecular formula is C10H9ClFNO. The second-order valence-corrected chi connectivity index (χ2v) is 3.13. The molecule has 1 atom stereocenters. The van der Waals surface area contributed by atoms with E-state index in [0.717, 1.165) is 6.07 Å². The molecular weight excluding hydrogens is 205 g/mol. The number of halogens is 2. The van der Waals surface area contributed by atoms with Crippen LogP contribution in [-0.2, 0) is 0 Å². The van der Waals surface area contributed by atoms with Crippen LogP contribution in [0.5, 0.6) is 5.75 Å². The van der Waals surface area contributed by atoms with Crippen molar-refractivity contribution in [2.45, 2.75) is 19.4 Å². The summed E-state index contributed by atoms with van der Waals surface area (Å²) in [4.78, 5) is 0. The molecule has 0 radical (unpaired) electrons. The Balaban J connectivity index is 2.82. The summed E-state index contributed by atoms with van der Waals surface area (Å²) in [6.07, 6.45) is 0.0162. The van der Waals surface area contributed by atoms with Crippen LogP contribution in [-0.4, -0.2) is 6.10 Å². The maximum atomic E-state index is 12.6. The number of rotatable bonds is 3. The first-order valence-corrected chi connectivity index (χ1v) is 4.56. The molecule has 74 valence electrons. The topological polar surface area (TPSA) is 33.0 Å². The summed E-state index contributed by atoms with van der Waals surface area (Å²) in [6.45, 7) is 1.82. The monoisotopic (exact) mass is 213 g/mol. The highest BCUT2D eigenvalue weighted by atomic mass is 35.5. The zero-order valence-corrected chi connectivity index (χ0v) is 8.38. The minimum atomic E-state index is -0.544. The Hall–Kier alpha value is -1.27. The minimum Gasteiger partial charge on any atom is -0.474 e. The molecule has 0 saturated heterocycles. The quantitative estimate of drug-likeness (QED) is 0.773. The molecule has 0 spiro atoms. The lowest BCUT2D eigenvalue weighted by atomic mass is 10.3. The Morgan fingerprint density at radius 1 is 1.64 bits per heavy atom. The molecule has 1 unspecified atom stereocenters. The SMILES string of the molecule is CCC(C#N)Oc1ccc(F)cc1Cl. The van der Waals surface area contributed by atoms with E-state index in [9.17, 15) is 4.39 Å². The van der Waals surface area contributed by atoms with E-state index in [2.05, 4.69) is 0 Å². The average molecular weight is 214 g/mol. The molecule has 4 heteroatoms. The van der Waals surface area contributed by atoms with Gasteiger partial charge in [0.25, 0.3) is 0 Å². The van der Waals surface area contributed by atoms with Crippen molar-refractivity contribution in [2.24, 2.45) is 0 Å². The van der Waals surface area contributed by atoms with E-state index in [1.807, 2.05) is 13.0 Å². The van der Waals surface area contributed by atoms with Crippen molar-refractivity contribution in [1.82, 2.24) is 0 Å². The smallest absolute Gasteiger partial charge is 0.184 e. The van der Waals surface area contributed by atoms with Gasteiger partial charge < -0.3 is 4.74 Å². The van der Waals surface area contributed by atoms with E-state index < -0.39 is 11.9 Å². The number of hydrogen-bond donors (Lipinski definition) is 0. The van der Waals surface area contributed by atoms with Crippen LogP contribution < -0.4 is 4.74 Å². The number of nitrogens with zero attached hydrogens (tertiary/aromatic N) is 1. The predicted octanol–water partition coefficient (Wildman–Crippen LogP) is 3.16.